The number of nitrogens with zero attached hydrogens (tertiary/aromatic N) is 1. The monoisotopic (exact) mass is 903 g/mol. The fraction of sp³-hybridized carbons (Fsp3) is 0.400. The van der Waals surface area contributed by atoms with Gasteiger partial charge < -0.3 is 51.5 Å². The van der Waals surface area contributed by atoms with Crippen molar-refractivity contribution in [2.45, 2.75) is 96.9 Å². The number of esters is 3. The summed E-state index contributed by atoms with van der Waals surface area (Å²) in [6.07, 6.45) is -2.45. The van der Waals surface area contributed by atoms with E-state index in [9.17, 15) is 38.7 Å². The number of nitrogens with one attached hydrogen (secondary N) is 4. The highest BCUT2D eigenvalue weighted by molar-refractivity contribution is 6.16. The average Bonchev–Trinajstić information content (AvgIpc) is 3.25. The van der Waals surface area contributed by atoms with Gasteiger partial charge in [-0.05, 0) is 64.2 Å². The third-order valence-electron chi connectivity index (χ3n) is 9.58. The Kier molecular flexibility index (Phi) is 19.1. The molecular weight excluding hydrogens is 847 g/mol. The van der Waals surface area contributed by atoms with Crippen molar-refractivity contribution >= 4 is 53.7 Å². The maximum atomic E-state index is 15.2. The molecule has 0 saturated carbocycles. The van der Waals surface area contributed by atoms with Gasteiger partial charge in [-0.2, -0.15) is 0 Å². The number of carbonyl (C=O) groups is 8. The zero-order chi connectivity index (χ0) is 48.4. The number of benzene rings is 3. The van der Waals surface area contributed by atoms with Crippen LogP contribution in [-0.2, 0) is 72.3 Å². The van der Waals surface area contributed by atoms with Gasteiger partial charge in [0.25, 0.3) is 11.4 Å². The molecule has 3 rings (SSSR count). The van der Waals surface area contributed by atoms with Crippen molar-refractivity contribution in [1.29, 1.82) is 5.41 Å². The smallest absolute Gasteiger partial charge is 0.418 e. The Morgan fingerprint density at radius 1 is 0.723 bits per heavy atom. The van der Waals surface area contributed by atoms with Crippen molar-refractivity contribution in [2.75, 3.05) is 13.1 Å². The lowest BCUT2D eigenvalue weighted by Gasteiger charge is -2.45. The fourth-order valence-electron chi connectivity index (χ4n) is 6.26. The van der Waals surface area contributed by atoms with Crippen LogP contribution in [0.25, 0.3) is 0 Å². The second-order valence-electron chi connectivity index (χ2n) is 16.2. The highest BCUT2D eigenvalue weighted by atomic mass is 16.6. The lowest BCUT2D eigenvalue weighted by molar-refractivity contribution is -0.194. The normalized spacial score (nSPS) is 13.0. The summed E-state index contributed by atoms with van der Waals surface area (Å²) in [6.45, 7) is 4.13. The molecule has 0 aromatic heterocycles. The van der Waals surface area contributed by atoms with Gasteiger partial charge in [0.2, 0.25) is 11.8 Å². The van der Waals surface area contributed by atoms with E-state index in [-0.39, 0.29) is 23.8 Å². The lowest BCUT2D eigenvalue weighted by Crippen LogP contribution is -2.74. The van der Waals surface area contributed by atoms with Crippen LogP contribution in [0.15, 0.2) is 91.0 Å². The van der Waals surface area contributed by atoms with Gasteiger partial charge in [-0.15, -0.1) is 0 Å². The number of amides is 4. The van der Waals surface area contributed by atoms with Crippen molar-refractivity contribution in [3.05, 3.63) is 108 Å². The zero-order valence-corrected chi connectivity index (χ0v) is 36.9. The van der Waals surface area contributed by atoms with E-state index in [0.29, 0.717) is 23.1 Å². The van der Waals surface area contributed by atoms with Crippen LogP contribution < -0.4 is 27.4 Å². The van der Waals surface area contributed by atoms with Crippen molar-refractivity contribution in [3.63, 3.8) is 0 Å². The predicted octanol–water partition coefficient (Wildman–Crippen LogP) is 2.41. The molecule has 0 bridgehead atoms. The summed E-state index contributed by atoms with van der Waals surface area (Å²) in [5.74, 6) is -10.5. The van der Waals surface area contributed by atoms with E-state index >= 15 is 4.79 Å². The number of ether oxygens (including phenoxy) is 4. The first-order valence-electron chi connectivity index (χ1n) is 20.4. The molecule has 3 aromatic carbocycles. The molecule has 0 aliphatic carbocycles. The first-order valence-corrected chi connectivity index (χ1v) is 20.4. The molecule has 9 N–H and O–H groups in total. The van der Waals surface area contributed by atoms with Crippen LogP contribution >= 0.6 is 0 Å². The first-order chi connectivity index (χ1) is 30.6. The third kappa shape index (κ3) is 15.2. The third-order valence-corrected chi connectivity index (χ3v) is 9.58. The Morgan fingerprint density at radius 3 is 1.66 bits per heavy atom. The van der Waals surface area contributed by atoms with E-state index in [1.807, 2.05) is 0 Å². The van der Waals surface area contributed by atoms with Crippen LogP contribution in [0.4, 0.5) is 4.79 Å². The van der Waals surface area contributed by atoms with Crippen molar-refractivity contribution in [3.8, 4) is 0 Å². The number of carboxylic acid groups (broad SMARTS) is 1. The first kappa shape index (κ1) is 52.0. The molecule has 0 fully saturated rings. The number of carbonyl (C=O) groups excluding carboxylic acids is 7. The molecule has 4 amide bonds. The maximum Gasteiger partial charge on any atom is 0.418 e. The van der Waals surface area contributed by atoms with E-state index in [1.165, 1.54) is 45.0 Å². The molecule has 0 spiro atoms. The van der Waals surface area contributed by atoms with Gasteiger partial charge in [0.15, 0.2) is 5.96 Å². The molecule has 65 heavy (non-hydrogen) atoms. The highest BCUT2D eigenvalue weighted by Gasteiger charge is 2.71. The molecule has 0 heterocycles. The van der Waals surface area contributed by atoms with Gasteiger partial charge in [-0.1, -0.05) is 91.0 Å². The molecule has 20 nitrogen and oxygen atoms in total. The summed E-state index contributed by atoms with van der Waals surface area (Å²) >= 11 is 0. The summed E-state index contributed by atoms with van der Waals surface area (Å²) in [7, 11) is 0. The van der Waals surface area contributed by atoms with E-state index in [2.05, 4.69) is 16.0 Å². The van der Waals surface area contributed by atoms with Crippen molar-refractivity contribution in [1.82, 2.24) is 20.9 Å². The fourth-order valence-corrected chi connectivity index (χ4v) is 6.26. The van der Waals surface area contributed by atoms with Crippen molar-refractivity contribution < 1.29 is 62.4 Å². The van der Waals surface area contributed by atoms with Crippen LogP contribution in [-0.4, -0.2) is 100.0 Å². The van der Waals surface area contributed by atoms with Gasteiger partial charge in [0.1, 0.15) is 36.9 Å². The maximum absolute atomic E-state index is 15.2. The molecular formula is C45H57N7O13. The number of carboxylic acids is 1. The minimum atomic E-state index is -3.70. The van der Waals surface area contributed by atoms with Crippen LogP contribution in [0.1, 0.15) is 70.6 Å². The van der Waals surface area contributed by atoms with Gasteiger partial charge >= 0.3 is 30.0 Å². The molecule has 0 saturated heterocycles. The standard InChI is InChI=1S/C45H57N7O13/c1-43(2,3)65-35(54)24-33(51-34(53)25-50-36(55)32(46)22-15-23-49-41(47)48)37(56)52(42(61)64-28-31-20-13-8-14-21-31)45(38(57)58,40(60)63-27-30-18-11-7-12-19-30)44(4,5)39(59)62-26-29-16-9-6-10-17-29/h6-14,16-21,32-33H,15,22-28,46H2,1-5H3,(H,50,55)(H,51,53)(H,57,58)(H4,47,48,49)/t32-,33-,45-/m0/s1. The lowest BCUT2D eigenvalue weighted by atomic mass is 9.70. The number of imide groups is 1. The summed E-state index contributed by atoms with van der Waals surface area (Å²) in [5.41, 5.74) is 4.77. The molecule has 0 unspecified atom stereocenters. The average molecular weight is 904 g/mol. The molecule has 0 aliphatic rings. The second kappa shape index (κ2) is 23.9. The van der Waals surface area contributed by atoms with Crippen LogP contribution in [0, 0.1) is 10.8 Å². The Bertz CT molecular complexity index is 2150. The molecule has 3 aromatic rings. The van der Waals surface area contributed by atoms with Crippen molar-refractivity contribution in [2.24, 2.45) is 16.9 Å². The number of hydrogen-bond donors (Lipinski definition) is 7. The predicted molar refractivity (Wildman–Crippen MR) is 233 cm³/mol. The minimum absolute atomic E-state index is 0.106. The number of hydrogen-bond acceptors (Lipinski definition) is 14. The number of nitrogens with two attached hydrogens (primary N) is 2. The Morgan fingerprint density at radius 2 is 1.20 bits per heavy atom. The SMILES string of the molecule is CC(C)(C)OC(=O)C[C@H](NC(=O)CNC(=O)[C@@H](N)CCCNC(=N)N)C(=O)N(C(=O)OCc1ccccc1)[C@@](C(=O)O)(C(=O)OCc1ccccc1)C(C)(C)C(=O)OCc1ccccc1. The van der Waals surface area contributed by atoms with E-state index in [4.69, 9.17) is 35.8 Å². The molecule has 0 radical (unpaired) electrons. The van der Waals surface area contributed by atoms with E-state index in [1.54, 1.807) is 66.7 Å². The molecule has 0 aliphatic heterocycles. The van der Waals surface area contributed by atoms with E-state index in [0.717, 1.165) is 13.8 Å². The van der Waals surface area contributed by atoms with E-state index < -0.39 is 109 Å². The van der Waals surface area contributed by atoms with Gasteiger partial charge in [0, 0.05) is 6.54 Å². The Labute approximate surface area is 376 Å². The summed E-state index contributed by atoms with van der Waals surface area (Å²) in [5, 5.41) is 25.7. The topological polar surface area (TPSA) is 309 Å². The quantitative estimate of drug-likeness (QED) is 0.0190. The summed E-state index contributed by atoms with van der Waals surface area (Å²) in [6, 6.07) is 20.7. The summed E-state index contributed by atoms with van der Waals surface area (Å²) < 4.78 is 22.0. The highest BCUT2D eigenvalue weighted by Crippen LogP contribution is 2.41. The largest absolute Gasteiger partial charge is 0.479 e. The minimum Gasteiger partial charge on any atom is -0.479 e. The zero-order valence-electron chi connectivity index (χ0n) is 36.9. The number of rotatable bonds is 22. The van der Waals surface area contributed by atoms with Gasteiger partial charge in [-0.25, -0.2) is 19.3 Å². The van der Waals surface area contributed by atoms with Crippen LogP contribution in [0.3, 0.4) is 0 Å². The Balaban J connectivity index is 2.20. The molecule has 350 valence electrons. The van der Waals surface area contributed by atoms with Crippen LogP contribution in [0.5, 0.6) is 0 Å². The number of guanidine groups is 1. The number of aliphatic carboxylic acids is 1. The van der Waals surface area contributed by atoms with Gasteiger partial charge in [-0.3, -0.25) is 29.4 Å². The molecule has 3 atom stereocenters. The van der Waals surface area contributed by atoms with Gasteiger partial charge in [0.05, 0.1) is 19.0 Å². The summed E-state index contributed by atoms with van der Waals surface area (Å²) in [4.78, 5) is 113. The second-order valence-corrected chi connectivity index (χ2v) is 16.2. The van der Waals surface area contributed by atoms with Crippen LogP contribution in [0.2, 0.25) is 0 Å². The molecule has 20 heteroatoms. The Hall–Kier alpha value is -7.35.